The van der Waals surface area contributed by atoms with E-state index in [9.17, 15) is 0 Å². The minimum Gasteiger partial charge on any atom is -0.485 e. The van der Waals surface area contributed by atoms with Gasteiger partial charge in [0.05, 0.1) is 115 Å². The molecule has 148 heavy (non-hydrogen) atoms. The smallest absolute Gasteiger partial charge is 0.204 e. The molecule has 0 saturated carbocycles. The monoisotopic (exact) mass is 2000 g/mol. The van der Waals surface area contributed by atoms with E-state index in [2.05, 4.69) is 202 Å². The first-order chi connectivity index (χ1) is 73.0. The second-order valence-electron chi connectivity index (χ2n) is 36.8. The van der Waals surface area contributed by atoms with E-state index in [1.165, 1.54) is 0 Å². The molecule has 0 bridgehead atoms. The summed E-state index contributed by atoms with van der Waals surface area (Å²) in [4.78, 5) is 0.426. The van der Waals surface area contributed by atoms with Crippen molar-refractivity contribution in [3.63, 3.8) is 0 Å². The molecule has 0 unspecified atom stereocenters. The first-order valence-corrected chi connectivity index (χ1v) is 49.5. The van der Waals surface area contributed by atoms with Gasteiger partial charge in [0.25, 0.3) is 0 Å². The molecule has 40 heteroatoms. The summed E-state index contributed by atoms with van der Waals surface area (Å²) in [7, 11) is 0. The van der Waals surface area contributed by atoms with E-state index in [0.29, 0.717) is 132 Å². The maximum Gasteiger partial charge on any atom is 0.204 e. The summed E-state index contributed by atoms with van der Waals surface area (Å²) in [6.07, 6.45) is 91.3. The van der Waals surface area contributed by atoms with E-state index in [1.54, 1.807) is 54.3 Å². The van der Waals surface area contributed by atoms with Crippen LogP contribution in [0.3, 0.4) is 0 Å². The number of thiol groups is 1. The fraction of sp³-hybridized carbons (Fsp3) is 0.278. The molecule has 22 rings (SSSR count). The zero-order chi connectivity index (χ0) is 99.4. The third-order valence-corrected chi connectivity index (χ3v) is 25.3. The zero-order valence-electron chi connectivity index (χ0n) is 80.6. The van der Waals surface area contributed by atoms with E-state index in [4.69, 9.17) is 69.5 Å². The number of allylic oxidation sites excluding steroid dienone is 36. The highest BCUT2D eigenvalue weighted by atomic mass is 32.1. The third-order valence-electron chi connectivity index (χ3n) is 25.1. The molecule has 0 saturated heterocycles. The molecule has 4 aromatic carbocycles. The molecule has 9 heterocycles. The molecule has 0 aliphatic heterocycles. The van der Waals surface area contributed by atoms with E-state index in [1.807, 2.05) is 202 Å². The average Bonchev–Trinajstić information content (AvgIpc) is 1.00. The van der Waals surface area contributed by atoms with E-state index >= 15 is 0 Å². The second kappa shape index (κ2) is 46.0. The predicted molar refractivity (Wildman–Crippen MR) is 541 cm³/mol. The zero-order valence-corrected chi connectivity index (χ0v) is 81.5. The molecule has 9 aliphatic rings. The Morgan fingerprint density at radius 1 is 0.169 bits per heavy atom. The summed E-state index contributed by atoms with van der Waals surface area (Å²) in [6.45, 7) is 4.32. The Morgan fingerprint density at radius 2 is 0.297 bits per heavy atom. The number of benzene rings is 4. The highest BCUT2D eigenvalue weighted by Gasteiger charge is 2.29. The number of nitrogens with zero attached hydrogens (tertiary/aromatic N) is 27. The van der Waals surface area contributed by atoms with Gasteiger partial charge in [-0.15, -0.1) is 58.5 Å². The summed E-state index contributed by atoms with van der Waals surface area (Å²) in [6, 6.07) is 14.5. The summed E-state index contributed by atoms with van der Waals surface area (Å²) in [5, 5.41) is 81.7. The molecule has 0 atom stereocenters. The van der Waals surface area contributed by atoms with Gasteiger partial charge in [0.2, 0.25) is 23.0 Å². The topological polar surface area (TPSA) is 387 Å². The predicted octanol–water partition coefficient (Wildman–Crippen LogP) is 14.9. The van der Waals surface area contributed by atoms with Crippen molar-refractivity contribution < 1.29 is 56.8 Å². The Balaban J connectivity index is 0.637. The van der Waals surface area contributed by atoms with Crippen LogP contribution in [0.15, 0.2) is 328 Å². The van der Waals surface area contributed by atoms with Gasteiger partial charge in [-0.3, -0.25) is 42.1 Å². The van der Waals surface area contributed by atoms with Gasteiger partial charge >= 0.3 is 0 Å². The first-order valence-electron chi connectivity index (χ1n) is 49.1. The van der Waals surface area contributed by atoms with Crippen molar-refractivity contribution in [2.75, 3.05) is 0 Å². The van der Waals surface area contributed by atoms with Crippen molar-refractivity contribution in [2.24, 2.45) is 53.3 Å². The van der Waals surface area contributed by atoms with Crippen molar-refractivity contribution in [2.45, 2.75) is 143 Å². The average molecular weight is 2010 g/mol. The van der Waals surface area contributed by atoms with Gasteiger partial charge in [0.15, 0.2) is 46.0 Å². The lowest BCUT2D eigenvalue weighted by molar-refractivity contribution is 0.216. The molecule has 13 aromatic rings. The lowest BCUT2D eigenvalue weighted by Crippen LogP contribution is -2.09. The molecule has 0 spiro atoms. The van der Waals surface area contributed by atoms with Crippen LogP contribution < -0.4 is 56.8 Å². The highest BCUT2D eigenvalue weighted by molar-refractivity contribution is 7.80. The van der Waals surface area contributed by atoms with Gasteiger partial charge in [-0.1, -0.05) is 266 Å². The number of ether oxygens (including phenoxy) is 12. The van der Waals surface area contributed by atoms with Crippen LogP contribution in [0.4, 0.5) is 0 Å². The molecule has 39 nitrogen and oxygen atoms in total. The van der Waals surface area contributed by atoms with Gasteiger partial charge in [-0.2, -0.15) is 0 Å². The molecule has 750 valence electrons. The third kappa shape index (κ3) is 25.4. The molecular weight excluding hydrogens is 1900 g/mol. The normalized spacial score (nSPS) is 15.6. The fourth-order valence-corrected chi connectivity index (χ4v) is 18.0. The number of aromatic nitrogens is 27. The standard InChI is InChI=1S/C108H105N27O12S/c148-96-43-103(136-63-84-37-97(138-66-87-54-127(118-109-87)45-75-19-1-2-20-75)105(145-72-93-60-133(124-115-93)51-81-31-13-14-32-81)98(38-84)139-67-88-55-128(119-110-88)46-76-21-3-4-22-76)108(144-65-86-41-101(142-70-91-58-131(122-113-91)49-79-27-9-10-28-79)107(147-74-95-62-135(126-117-95)53-83-35-17-18-36-83)102(42-86)143-71-92-59-132(123-114-92)50-80-29-11-12-30-80)104(44-96)137-64-85-39-99(140-68-89-56-129(120-111-89)47-77-23-5-6-24-77)106(146-73-94-61-134(125-116-94)52-82-33-15-16-34-82)100(40-85)141-69-90-57-130(121-112-90)48-78-25-7-8-26-78/h1-44,54-62,75-83,148H,45-53,63-74H2. The van der Waals surface area contributed by atoms with E-state index in [0.717, 1.165) is 0 Å². The Hall–Kier alpha value is -17.6. The lowest BCUT2D eigenvalue weighted by atomic mass is 10.1. The van der Waals surface area contributed by atoms with Crippen LogP contribution in [0.5, 0.6) is 69.0 Å². The van der Waals surface area contributed by atoms with E-state index in [-0.39, 0.29) is 202 Å². The highest BCUT2D eigenvalue weighted by Crippen LogP contribution is 2.48. The van der Waals surface area contributed by atoms with Gasteiger partial charge < -0.3 is 56.8 Å². The van der Waals surface area contributed by atoms with Crippen molar-refractivity contribution >= 4 is 12.6 Å². The SMILES string of the molecule is Sc1cc(OCc2cc(OCc3cn(CC4C=CC=C4)nn3)c(OCc3cn(CC4C=CC=C4)nn3)c(OCc3cn(CC4C=CC=C4)nn3)c2)c(OCc2cc(OCc3cn(CC4C=CC=C4)nn3)c(OCc3cn(CC4C=CC=C4)nn3)c(OCc3cn(CC4C=CC=C4)nn3)c2)c(OCc2cc(OCc3cn(CC4C=CC=C4)nn3)c(OCc3cn(CC4C=CC=C4)nn3)c(OCc3cn(CC4C=CC=C4)nn3)c2)c1. The number of rotatable bonds is 54. The molecule has 9 aliphatic carbocycles. The molecule has 0 amide bonds. The summed E-state index contributed by atoms with van der Waals surface area (Å²) >= 11 is 5.16. The number of hydrogen-bond acceptors (Lipinski definition) is 31. The number of hydrogen-bond donors (Lipinski definition) is 1. The Kier molecular flexibility index (Phi) is 29.6. The Bertz CT molecular complexity index is 6790. The molecular formula is C108H105N27O12S. The van der Waals surface area contributed by atoms with Crippen LogP contribution in [0.25, 0.3) is 0 Å². The molecule has 0 fully saturated rings. The Labute approximate surface area is 855 Å². The quantitative estimate of drug-likeness (QED) is 0.0346. The molecule has 9 aromatic heterocycles. The fourth-order valence-electron chi connectivity index (χ4n) is 17.7. The molecule has 0 N–H and O–H groups in total. The molecule has 0 radical (unpaired) electrons. The van der Waals surface area contributed by atoms with Crippen molar-refractivity contribution in [3.8, 4) is 69.0 Å². The van der Waals surface area contributed by atoms with Crippen LogP contribution in [-0.4, -0.2) is 135 Å². The summed E-state index contributed by atoms with van der Waals surface area (Å²) < 4.78 is 100. The van der Waals surface area contributed by atoms with Crippen LogP contribution in [0, 0.1) is 53.3 Å². The van der Waals surface area contributed by atoms with Crippen molar-refractivity contribution in [3.05, 3.63) is 391 Å². The minimum absolute atomic E-state index is 0.0321. The van der Waals surface area contributed by atoms with Gasteiger partial charge in [0.1, 0.15) is 131 Å². The van der Waals surface area contributed by atoms with Crippen LogP contribution in [-0.2, 0) is 138 Å². The van der Waals surface area contributed by atoms with E-state index < -0.39 is 0 Å². The van der Waals surface area contributed by atoms with Crippen molar-refractivity contribution in [1.82, 2.24) is 135 Å². The lowest BCUT2D eigenvalue weighted by Gasteiger charge is -2.21. The summed E-state index contributed by atoms with van der Waals surface area (Å²) in [5.41, 5.74) is 6.60. The van der Waals surface area contributed by atoms with Crippen LogP contribution >= 0.6 is 12.6 Å². The Morgan fingerprint density at radius 3 is 0.459 bits per heavy atom. The largest absolute Gasteiger partial charge is 0.485 e. The maximum absolute atomic E-state index is 7.36. The van der Waals surface area contributed by atoms with Crippen LogP contribution in [0.2, 0.25) is 0 Å². The second-order valence-corrected chi connectivity index (χ2v) is 37.3. The van der Waals surface area contributed by atoms with Gasteiger partial charge in [-0.25, -0.2) is 0 Å². The maximum atomic E-state index is 7.36. The van der Waals surface area contributed by atoms with Crippen LogP contribution in [0.1, 0.15) is 67.9 Å². The van der Waals surface area contributed by atoms with Crippen molar-refractivity contribution in [1.29, 1.82) is 0 Å². The minimum atomic E-state index is -0.204. The first kappa shape index (κ1) is 95.3. The van der Waals surface area contributed by atoms with Gasteiger partial charge in [0, 0.05) is 58.2 Å². The van der Waals surface area contributed by atoms with Gasteiger partial charge in [-0.05, 0) is 65.2 Å². The summed E-state index contributed by atoms with van der Waals surface area (Å²) in [5.74, 6) is 4.16.